The molecule has 0 aliphatic carbocycles. The summed E-state index contributed by atoms with van der Waals surface area (Å²) in [7, 11) is 1.83. The molecule has 1 N–H and O–H groups in total. The largest absolute Gasteiger partial charge is 0.381 e. The van der Waals surface area contributed by atoms with Gasteiger partial charge in [0.1, 0.15) is 0 Å². The summed E-state index contributed by atoms with van der Waals surface area (Å²) in [6.45, 7) is 13.1. The number of ether oxygens (including phenoxy) is 2. The quantitative estimate of drug-likeness (QED) is 0.836. The van der Waals surface area contributed by atoms with Crippen LogP contribution in [0.1, 0.15) is 40.0 Å². The first-order chi connectivity index (χ1) is 9.42. The molecule has 0 bridgehead atoms. The minimum Gasteiger partial charge on any atom is -0.381 e. The molecule has 2 heterocycles. The molecule has 4 heteroatoms. The smallest absolute Gasteiger partial charge is 0.0710 e. The Morgan fingerprint density at radius 3 is 2.55 bits per heavy atom. The van der Waals surface area contributed by atoms with Crippen molar-refractivity contribution < 1.29 is 9.47 Å². The Morgan fingerprint density at radius 1 is 1.30 bits per heavy atom. The fourth-order valence-electron chi connectivity index (χ4n) is 3.26. The van der Waals surface area contributed by atoms with Crippen LogP contribution in [0.2, 0.25) is 0 Å². The van der Waals surface area contributed by atoms with E-state index in [9.17, 15) is 0 Å². The molecule has 0 amide bonds. The zero-order valence-electron chi connectivity index (χ0n) is 13.7. The highest BCUT2D eigenvalue weighted by molar-refractivity contribution is 4.91. The van der Waals surface area contributed by atoms with Gasteiger partial charge in [-0.15, -0.1) is 0 Å². The van der Waals surface area contributed by atoms with Crippen LogP contribution in [0.3, 0.4) is 0 Å². The molecule has 0 radical (unpaired) electrons. The summed E-state index contributed by atoms with van der Waals surface area (Å²) in [4.78, 5) is 2.59. The second kappa shape index (κ2) is 6.73. The first-order valence-electron chi connectivity index (χ1n) is 8.00. The van der Waals surface area contributed by atoms with Crippen LogP contribution in [0.5, 0.6) is 0 Å². The van der Waals surface area contributed by atoms with Crippen LogP contribution < -0.4 is 5.32 Å². The van der Waals surface area contributed by atoms with E-state index >= 15 is 0 Å². The number of hydrogen-bond donors (Lipinski definition) is 1. The lowest BCUT2D eigenvalue weighted by Gasteiger charge is -2.42. The zero-order valence-corrected chi connectivity index (χ0v) is 13.7. The van der Waals surface area contributed by atoms with Crippen LogP contribution in [-0.4, -0.2) is 63.0 Å². The van der Waals surface area contributed by atoms with E-state index < -0.39 is 0 Å². The SMILES string of the molecule is COC1CCN(CC2(CNC(C)(C)C)CCOCC2)C1. The molecule has 2 saturated heterocycles. The number of hydrogen-bond acceptors (Lipinski definition) is 4. The van der Waals surface area contributed by atoms with Gasteiger partial charge in [0.25, 0.3) is 0 Å². The fourth-order valence-corrected chi connectivity index (χ4v) is 3.26. The van der Waals surface area contributed by atoms with Gasteiger partial charge in [0.15, 0.2) is 0 Å². The molecule has 0 saturated carbocycles. The first kappa shape index (κ1) is 16.2. The lowest BCUT2D eigenvalue weighted by atomic mass is 9.79. The molecule has 4 nitrogen and oxygen atoms in total. The van der Waals surface area contributed by atoms with E-state index in [0.29, 0.717) is 11.5 Å². The van der Waals surface area contributed by atoms with E-state index in [2.05, 4.69) is 31.0 Å². The third kappa shape index (κ3) is 4.69. The van der Waals surface area contributed by atoms with E-state index in [0.717, 1.165) is 26.3 Å². The number of likely N-dealkylation sites (tertiary alicyclic amines) is 1. The average molecular weight is 284 g/mol. The Balaban J connectivity index is 1.92. The van der Waals surface area contributed by atoms with Gasteiger partial charge in [-0.1, -0.05) is 0 Å². The minimum atomic E-state index is 0.186. The van der Waals surface area contributed by atoms with Crippen molar-refractivity contribution in [3.05, 3.63) is 0 Å². The van der Waals surface area contributed by atoms with Gasteiger partial charge >= 0.3 is 0 Å². The number of nitrogens with zero attached hydrogens (tertiary/aromatic N) is 1. The lowest BCUT2D eigenvalue weighted by Crippen LogP contribution is -2.51. The van der Waals surface area contributed by atoms with Gasteiger partial charge in [-0.2, -0.15) is 0 Å². The molecule has 118 valence electrons. The fraction of sp³-hybridized carbons (Fsp3) is 1.00. The summed E-state index contributed by atoms with van der Waals surface area (Å²) in [5.41, 5.74) is 0.555. The van der Waals surface area contributed by atoms with Crippen molar-refractivity contribution in [3.63, 3.8) is 0 Å². The molecular formula is C16H32N2O2. The Bertz CT molecular complexity index is 295. The van der Waals surface area contributed by atoms with Gasteiger partial charge in [0.2, 0.25) is 0 Å². The standard InChI is InChI=1S/C16H32N2O2/c1-15(2,3)17-12-16(6-9-20-10-7-16)13-18-8-5-14(11-18)19-4/h14,17H,5-13H2,1-4H3. The molecular weight excluding hydrogens is 252 g/mol. The molecule has 1 atom stereocenters. The van der Waals surface area contributed by atoms with Crippen LogP contribution in [0, 0.1) is 5.41 Å². The van der Waals surface area contributed by atoms with Crippen molar-refractivity contribution in [2.24, 2.45) is 5.41 Å². The monoisotopic (exact) mass is 284 g/mol. The molecule has 2 aliphatic rings. The normalized spacial score (nSPS) is 27.9. The van der Waals surface area contributed by atoms with E-state index in [-0.39, 0.29) is 5.54 Å². The van der Waals surface area contributed by atoms with E-state index in [1.54, 1.807) is 0 Å². The van der Waals surface area contributed by atoms with Crippen molar-refractivity contribution in [1.82, 2.24) is 10.2 Å². The summed E-state index contributed by atoms with van der Waals surface area (Å²) in [6, 6.07) is 0. The Hall–Kier alpha value is -0.160. The Labute approximate surface area is 124 Å². The predicted molar refractivity (Wildman–Crippen MR) is 82.1 cm³/mol. The third-order valence-corrected chi connectivity index (χ3v) is 4.67. The Morgan fingerprint density at radius 2 is 2.00 bits per heavy atom. The summed E-state index contributed by atoms with van der Waals surface area (Å²) >= 11 is 0. The van der Waals surface area contributed by atoms with Gasteiger partial charge in [-0.3, -0.25) is 0 Å². The highest BCUT2D eigenvalue weighted by Gasteiger charge is 2.37. The average Bonchev–Trinajstić information content (AvgIpc) is 2.84. The molecule has 0 aromatic rings. The van der Waals surface area contributed by atoms with Crippen molar-refractivity contribution in [2.45, 2.75) is 51.7 Å². The van der Waals surface area contributed by atoms with Crippen molar-refractivity contribution in [1.29, 1.82) is 0 Å². The van der Waals surface area contributed by atoms with E-state index in [4.69, 9.17) is 9.47 Å². The van der Waals surface area contributed by atoms with Gasteiger partial charge in [-0.05, 0) is 45.4 Å². The van der Waals surface area contributed by atoms with E-state index in [1.165, 1.54) is 32.4 Å². The number of nitrogens with one attached hydrogen (secondary N) is 1. The molecule has 0 aromatic heterocycles. The zero-order chi connectivity index (χ0) is 14.6. The maximum atomic E-state index is 5.59. The molecule has 0 spiro atoms. The number of rotatable bonds is 5. The molecule has 20 heavy (non-hydrogen) atoms. The molecule has 2 rings (SSSR count). The van der Waals surface area contributed by atoms with Gasteiger partial charge in [-0.25, -0.2) is 0 Å². The maximum Gasteiger partial charge on any atom is 0.0710 e. The van der Waals surface area contributed by atoms with Crippen LogP contribution in [0.15, 0.2) is 0 Å². The van der Waals surface area contributed by atoms with Crippen LogP contribution in [0.25, 0.3) is 0 Å². The van der Waals surface area contributed by atoms with Crippen LogP contribution in [-0.2, 0) is 9.47 Å². The van der Waals surface area contributed by atoms with Crippen molar-refractivity contribution >= 4 is 0 Å². The minimum absolute atomic E-state index is 0.186. The summed E-state index contributed by atoms with van der Waals surface area (Å²) in [5.74, 6) is 0. The van der Waals surface area contributed by atoms with Crippen molar-refractivity contribution in [3.8, 4) is 0 Å². The van der Waals surface area contributed by atoms with Crippen LogP contribution in [0.4, 0.5) is 0 Å². The third-order valence-electron chi connectivity index (χ3n) is 4.67. The second-order valence-electron chi connectivity index (χ2n) is 7.60. The highest BCUT2D eigenvalue weighted by Crippen LogP contribution is 2.32. The Kier molecular flexibility index (Phi) is 5.46. The predicted octanol–water partition coefficient (Wildman–Crippen LogP) is 1.89. The summed E-state index contributed by atoms with van der Waals surface area (Å²) < 4.78 is 11.1. The summed E-state index contributed by atoms with van der Waals surface area (Å²) in [5, 5.41) is 3.72. The molecule has 2 fully saturated rings. The van der Waals surface area contributed by atoms with Crippen LogP contribution >= 0.6 is 0 Å². The molecule has 0 aromatic carbocycles. The summed E-state index contributed by atoms with van der Waals surface area (Å²) in [6.07, 6.45) is 3.95. The lowest BCUT2D eigenvalue weighted by molar-refractivity contribution is -0.00603. The first-order valence-corrected chi connectivity index (χ1v) is 8.00. The molecule has 1 unspecified atom stereocenters. The van der Waals surface area contributed by atoms with Gasteiger partial charge in [0.05, 0.1) is 6.10 Å². The topological polar surface area (TPSA) is 33.7 Å². The highest BCUT2D eigenvalue weighted by atomic mass is 16.5. The molecule has 2 aliphatic heterocycles. The number of methoxy groups -OCH3 is 1. The van der Waals surface area contributed by atoms with Gasteiger partial charge in [0, 0.05) is 52.0 Å². The maximum absolute atomic E-state index is 5.59. The second-order valence-corrected chi connectivity index (χ2v) is 7.60. The van der Waals surface area contributed by atoms with E-state index in [1.807, 2.05) is 7.11 Å². The van der Waals surface area contributed by atoms with Crippen molar-refractivity contribution in [2.75, 3.05) is 46.5 Å². The van der Waals surface area contributed by atoms with Gasteiger partial charge < -0.3 is 19.7 Å².